The Morgan fingerprint density at radius 1 is 0.625 bits per heavy atom. The van der Waals surface area contributed by atoms with Gasteiger partial charge in [-0.3, -0.25) is 0 Å². The Bertz CT molecular complexity index is 929. The Hall–Kier alpha value is -0.700. The first-order valence-electron chi connectivity index (χ1n) is 15.9. The minimum Gasteiger partial charge on any atom is -0.0965 e. The predicted molar refractivity (Wildman–Crippen MR) is 177 cm³/mol. The molecule has 2 aromatic carbocycles. The van der Waals surface area contributed by atoms with Crippen LogP contribution in [-0.2, 0) is 0 Å². The van der Waals surface area contributed by atoms with E-state index in [0.717, 1.165) is 11.3 Å². The Balaban J connectivity index is 1.38. The maximum Gasteiger partial charge on any atom is 0.0201 e. The summed E-state index contributed by atoms with van der Waals surface area (Å²) in [5.74, 6) is 3.84. The Morgan fingerprint density at radius 3 is 1.68 bits per heavy atom. The second kappa shape index (κ2) is 14.7. The normalized spacial score (nSPS) is 24.3. The van der Waals surface area contributed by atoms with Gasteiger partial charge in [0.15, 0.2) is 0 Å². The van der Waals surface area contributed by atoms with Crippen molar-refractivity contribution in [3.05, 3.63) is 123 Å². The van der Waals surface area contributed by atoms with Crippen LogP contribution in [0.25, 0.3) is 0 Å². The summed E-state index contributed by atoms with van der Waals surface area (Å²) in [6.45, 7) is 2.51. The van der Waals surface area contributed by atoms with Crippen molar-refractivity contribution in [1.82, 2.24) is 0 Å². The van der Waals surface area contributed by atoms with Crippen molar-refractivity contribution in [3.8, 4) is 0 Å². The molecule has 6 rings (SSSR count). The maximum absolute atomic E-state index is 2.57. The highest BCUT2D eigenvalue weighted by atomic mass is 31.1. The zero-order chi connectivity index (χ0) is 27.1. The lowest BCUT2D eigenvalue weighted by Crippen LogP contribution is -2.34. The Morgan fingerprint density at radius 2 is 1.15 bits per heavy atom. The molecule has 0 heterocycles. The first kappa shape index (κ1) is 29.4. The Labute approximate surface area is 249 Å². The topological polar surface area (TPSA) is 0 Å². The van der Waals surface area contributed by atoms with E-state index < -0.39 is 7.92 Å². The molecule has 0 unspecified atom stereocenters. The van der Waals surface area contributed by atoms with E-state index in [-0.39, 0.29) is 7.92 Å². The summed E-state index contributed by atoms with van der Waals surface area (Å²) in [7, 11) is -0.669. The molecule has 0 bridgehead atoms. The summed E-state index contributed by atoms with van der Waals surface area (Å²) in [5, 5.41) is 2.97. The van der Waals surface area contributed by atoms with Gasteiger partial charge in [-0.15, -0.1) is 0 Å². The van der Waals surface area contributed by atoms with Crippen LogP contribution in [-0.4, -0.2) is 17.0 Å². The molecule has 0 N–H and O–H groups in total. The van der Waals surface area contributed by atoms with Gasteiger partial charge in [-0.05, 0) is 130 Å². The third-order valence-electron chi connectivity index (χ3n) is 9.64. The van der Waals surface area contributed by atoms with Crippen molar-refractivity contribution in [1.29, 1.82) is 0 Å². The average Bonchev–Trinajstić information content (AvgIpc) is 3.73. The molecule has 40 heavy (non-hydrogen) atoms. The van der Waals surface area contributed by atoms with Gasteiger partial charge in [0, 0.05) is 5.66 Å². The van der Waals surface area contributed by atoms with Crippen LogP contribution in [0.15, 0.2) is 60.7 Å². The lowest BCUT2D eigenvalue weighted by Gasteiger charge is -2.47. The molecular weight excluding hydrogens is 518 g/mol. The van der Waals surface area contributed by atoms with Crippen molar-refractivity contribution in [3.63, 3.8) is 0 Å². The fourth-order valence-electron chi connectivity index (χ4n) is 7.65. The molecule has 4 aliphatic rings. The monoisotopic (exact) mass is 564 g/mol. The zero-order valence-electron chi connectivity index (χ0n) is 24.3. The second-order valence-electron chi connectivity index (χ2n) is 12.3. The number of hydrogen-bond donors (Lipinski definition) is 0. The van der Waals surface area contributed by atoms with Gasteiger partial charge >= 0.3 is 0 Å². The standard InChI is InChI=1S/C38H46P2/c1-30(31-17-14-15-18-31)29-38(40(34-23-10-4-11-24-34)35-25-12-5-13-26-35)36-27-16-28-37(36)39(32-19-6-2-7-20-32)33-21-8-3-9-22-33/h2-3,6-9,14-22,27-28,30,34-35,38H,4-5,10-13,23-26,29H2,1H3/t30-,38-/m0/s1. The molecule has 0 amide bonds. The summed E-state index contributed by atoms with van der Waals surface area (Å²) < 4.78 is 0. The van der Waals surface area contributed by atoms with Crippen molar-refractivity contribution < 1.29 is 0 Å². The molecule has 0 nitrogen and oxygen atoms in total. The third-order valence-corrected chi connectivity index (χ3v) is 16.1. The van der Waals surface area contributed by atoms with Gasteiger partial charge in [-0.2, -0.15) is 0 Å². The fourth-order valence-corrected chi connectivity index (χ4v) is 14.9. The van der Waals surface area contributed by atoms with Gasteiger partial charge < -0.3 is 0 Å². The van der Waals surface area contributed by atoms with Crippen LogP contribution in [0.5, 0.6) is 0 Å². The third kappa shape index (κ3) is 6.92. The molecule has 2 heteroatoms. The van der Waals surface area contributed by atoms with Gasteiger partial charge in [0.25, 0.3) is 0 Å². The minimum atomic E-state index is -0.581. The number of hydrogen-bond acceptors (Lipinski definition) is 0. The van der Waals surface area contributed by atoms with Gasteiger partial charge in [0.2, 0.25) is 0 Å². The van der Waals surface area contributed by atoms with Crippen molar-refractivity contribution in [2.75, 3.05) is 0 Å². The fraction of sp³-hybridized carbons (Fsp3) is 0.421. The second-order valence-corrected chi connectivity index (χ2v) is 17.4. The van der Waals surface area contributed by atoms with Crippen LogP contribution in [0, 0.1) is 68.4 Å². The van der Waals surface area contributed by atoms with Gasteiger partial charge in [-0.1, -0.05) is 114 Å². The summed E-state index contributed by atoms with van der Waals surface area (Å²) in [4.78, 5) is 0. The van der Waals surface area contributed by atoms with Crippen molar-refractivity contribution in [2.24, 2.45) is 5.92 Å². The van der Waals surface area contributed by atoms with E-state index in [4.69, 9.17) is 0 Å². The number of benzene rings is 2. The molecule has 10 radical (unpaired) electrons. The first-order chi connectivity index (χ1) is 19.8. The SMILES string of the molecule is C[C@@H](C[C@@H]([C]1[CH][CH][CH][C]1P(c1ccccc1)c1ccccc1)P(C1CCCCC1)C1CCCCC1)[C]1[CH][CH][CH][CH]1. The summed E-state index contributed by atoms with van der Waals surface area (Å²) >= 11 is 0. The van der Waals surface area contributed by atoms with Crippen molar-refractivity contribution in [2.45, 2.75) is 94.5 Å². The summed E-state index contributed by atoms with van der Waals surface area (Å²) in [5.41, 5.74) is 4.22. The molecule has 0 spiro atoms. The zero-order valence-corrected chi connectivity index (χ0v) is 26.1. The molecular formula is C38H46P2. The quantitative estimate of drug-likeness (QED) is 0.252. The van der Waals surface area contributed by atoms with Crippen molar-refractivity contribution >= 4 is 26.5 Å². The van der Waals surface area contributed by atoms with Crippen LogP contribution in [0.4, 0.5) is 0 Å². The maximum atomic E-state index is 2.57. The smallest absolute Gasteiger partial charge is 0.0201 e. The van der Waals surface area contributed by atoms with Crippen LogP contribution in [0.2, 0.25) is 0 Å². The lowest BCUT2D eigenvalue weighted by molar-refractivity contribution is 0.474. The van der Waals surface area contributed by atoms with E-state index in [1.807, 2.05) is 0 Å². The van der Waals surface area contributed by atoms with E-state index >= 15 is 0 Å². The van der Waals surface area contributed by atoms with Gasteiger partial charge in [-0.25, -0.2) is 0 Å². The minimum absolute atomic E-state index is 0.0878. The van der Waals surface area contributed by atoms with Gasteiger partial charge in [0.1, 0.15) is 0 Å². The molecule has 2 atom stereocenters. The largest absolute Gasteiger partial charge is 0.0965 e. The molecule has 4 saturated carbocycles. The summed E-state index contributed by atoms with van der Waals surface area (Å²) in [6.07, 6.45) is 32.6. The molecule has 4 fully saturated rings. The molecule has 0 aromatic heterocycles. The first-order valence-corrected chi connectivity index (χ1v) is 18.8. The highest BCUT2D eigenvalue weighted by Crippen LogP contribution is 2.68. The van der Waals surface area contributed by atoms with Crippen LogP contribution in [0.3, 0.4) is 0 Å². The number of rotatable bonds is 10. The Kier molecular flexibility index (Phi) is 10.8. The van der Waals surface area contributed by atoms with E-state index in [0.29, 0.717) is 11.6 Å². The summed E-state index contributed by atoms with van der Waals surface area (Å²) in [6, 6.07) is 22.8. The average molecular weight is 565 g/mol. The van der Waals surface area contributed by atoms with E-state index in [2.05, 4.69) is 113 Å². The van der Waals surface area contributed by atoms with Gasteiger partial charge in [0.05, 0.1) is 0 Å². The lowest BCUT2D eigenvalue weighted by atomic mass is 9.85. The highest BCUT2D eigenvalue weighted by molar-refractivity contribution is 7.76. The van der Waals surface area contributed by atoms with Crippen LogP contribution >= 0.6 is 15.8 Å². The molecule has 0 aliphatic heterocycles. The van der Waals surface area contributed by atoms with E-state index in [9.17, 15) is 0 Å². The van der Waals surface area contributed by atoms with Crippen LogP contribution < -0.4 is 10.6 Å². The van der Waals surface area contributed by atoms with E-state index in [1.54, 1.807) is 11.6 Å². The van der Waals surface area contributed by atoms with E-state index in [1.165, 1.54) is 87.2 Å². The molecule has 2 aromatic rings. The predicted octanol–water partition coefficient (Wildman–Crippen LogP) is 9.80. The van der Waals surface area contributed by atoms with Crippen LogP contribution in [0.1, 0.15) is 77.6 Å². The molecule has 208 valence electrons. The highest BCUT2D eigenvalue weighted by Gasteiger charge is 2.47. The molecule has 0 saturated heterocycles. The molecule has 4 aliphatic carbocycles.